The van der Waals surface area contributed by atoms with Crippen molar-refractivity contribution in [2.45, 2.75) is 114 Å². The van der Waals surface area contributed by atoms with Crippen LogP contribution in [-0.2, 0) is 14.1 Å². The number of fused-ring (bicyclic) bond motifs is 2. The van der Waals surface area contributed by atoms with Gasteiger partial charge in [0.1, 0.15) is 40.3 Å². The first kappa shape index (κ1) is 51.5. The second-order valence-corrected chi connectivity index (χ2v) is 19.9. The average Bonchev–Trinajstić information content (AvgIpc) is 4.15. The Morgan fingerprint density at radius 1 is 0.726 bits per heavy atom. The molecule has 4 aliphatic rings. The Labute approximate surface area is 422 Å². The molecule has 4 atom stereocenters. The zero-order chi connectivity index (χ0) is 52.5. The number of aromatic nitrogens is 12. The summed E-state index contributed by atoms with van der Waals surface area (Å²) < 4.78 is 31.3. The van der Waals surface area contributed by atoms with E-state index in [-0.39, 0.29) is 56.8 Å². The maximum absolute atomic E-state index is 14.7. The molecular weight excluding hydrogens is 970 g/mol. The van der Waals surface area contributed by atoms with Crippen LogP contribution in [0.15, 0.2) is 46.2 Å². The number of tetrazole rings is 2. The number of aromatic hydroxyl groups is 2. The van der Waals surface area contributed by atoms with Gasteiger partial charge in [-0.3, -0.25) is 9.80 Å². The van der Waals surface area contributed by atoms with Crippen molar-refractivity contribution in [1.29, 1.82) is 0 Å². The van der Waals surface area contributed by atoms with Gasteiger partial charge in [0.25, 0.3) is 0 Å². The summed E-state index contributed by atoms with van der Waals surface area (Å²) in [5.74, 6) is -1.46. The number of benzene rings is 2. The molecule has 4 saturated heterocycles. The van der Waals surface area contributed by atoms with Crippen molar-refractivity contribution in [2.24, 2.45) is 14.1 Å². The summed E-state index contributed by atoms with van der Waals surface area (Å²) in [4.78, 5) is 52.6. The van der Waals surface area contributed by atoms with E-state index in [9.17, 15) is 28.6 Å². The van der Waals surface area contributed by atoms with Crippen LogP contribution in [0.5, 0.6) is 11.5 Å². The highest BCUT2D eigenvalue weighted by molar-refractivity contribution is 6.28. The van der Waals surface area contributed by atoms with Crippen molar-refractivity contribution in [1.82, 2.24) is 69.3 Å². The van der Waals surface area contributed by atoms with Crippen LogP contribution in [0.4, 0.5) is 49.1 Å². The lowest BCUT2D eigenvalue weighted by Crippen LogP contribution is -2.55. The predicted octanol–water partition coefficient (Wildman–Crippen LogP) is 5.60. The summed E-state index contributed by atoms with van der Waals surface area (Å²) in [6.45, 7) is 26.2. The maximum Gasteiger partial charge on any atom is 0.368 e. The highest BCUT2D eigenvalue weighted by Crippen LogP contribution is 2.41. The fourth-order valence-corrected chi connectivity index (χ4v) is 10.5. The van der Waals surface area contributed by atoms with E-state index in [1.54, 1.807) is 0 Å². The molecule has 73 heavy (non-hydrogen) atoms. The molecule has 4 aliphatic heterocycles. The topological polar surface area (TPSA) is 275 Å². The molecule has 10 rings (SSSR count). The van der Waals surface area contributed by atoms with Crippen LogP contribution in [0.25, 0.3) is 21.1 Å². The summed E-state index contributed by atoms with van der Waals surface area (Å²) in [6.07, 6.45) is 11.8. The Kier molecular flexibility index (Phi) is 14.6. The Bertz CT molecular complexity index is 3230. The number of piperidine rings is 2. The van der Waals surface area contributed by atoms with Crippen LogP contribution in [0.2, 0.25) is 5.28 Å². The third-order valence-electron chi connectivity index (χ3n) is 13.7. The minimum Gasteiger partial charge on any atom is -0.506 e. The molecule has 8 heterocycles. The molecule has 0 bridgehead atoms. The zero-order valence-corrected chi connectivity index (χ0v) is 41.7. The van der Waals surface area contributed by atoms with Gasteiger partial charge in [-0.25, -0.2) is 48.0 Å². The van der Waals surface area contributed by atoms with E-state index in [0.717, 1.165) is 75.6 Å². The van der Waals surface area contributed by atoms with Crippen LogP contribution in [0.1, 0.15) is 79.1 Å². The monoisotopic (exact) mass is 1020 g/mol. The van der Waals surface area contributed by atoms with Gasteiger partial charge in [-0.15, -0.1) is 0 Å². The number of aryl methyl sites for hydroxylation is 2. The maximum atomic E-state index is 14.7. The van der Waals surface area contributed by atoms with E-state index >= 15 is 0 Å². The number of halogens is 3. The smallest absolute Gasteiger partial charge is 0.368 e. The van der Waals surface area contributed by atoms with E-state index in [1.807, 2.05) is 0 Å². The zero-order valence-electron chi connectivity index (χ0n) is 40.9. The third kappa shape index (κ3) is 11.0. The van der Waals surface area contributed by atoms with Gasteiger partial charge in [0.2, 0.25) is 22.6 Å². The second kappa shape index (κ2) is 20.7. The average molecular weight is 1030 g/mol. The first-order chi connectivity index (χ1) is 34.7. The number of hydrogen-bond acceptors (Lipinski definition) is 18. The number of nitrogens with zero attached hydrogens (tertiary/aromatic N) is 16. The minimum absolute atomic E-state index is 0.0167. The molecule has 0 radical (unpaired) electrons. The van der Waals surface area contributed by atoms with Crippen LogP contribution < -0.4 is 33.1 Å². The minimum atomic E-state index is -0.782. The molecule has 384 valence electrons. The summed E-state index contributed by atoms with van der Waals surface area (Å²) in [5.41, 5.74) is 4.73. The molecule has 4 aromatic heterocycles. The molecule has 24 nitrogen and oxygen atoms in total. The summed E-state index contributed by atoms with van der Waals surface area (Å²) in [7, 11) is 2.81. The number of anilines is 5. The molecule has 7 N–H and O–H groups in total. The van der Waals surface area contributed by atoms with Crippen LogP contribution >= 0.6 is 11.6 Å². The Balaban J connectivity index is 0.000000162. The standard InChI is InChI=1S/C23H27FN10O2.C15H20ClN5.C8H8FN5O2/c1-23(2)11-13(8-14-6-5-7-33(14)23)27-20-17(25-3)12-26-21(29-20)28-16-10-18(19(35)9-15(16)24)34-22(36)32(4)30-31-34;1-15(2)8-10(7-11-5-4-6-21(11)15)19-13-12(17-3)9-18-14(16)20-13;1-13-8(16)14(12-11-13)6-3-5(10)4(9)2-7(6)15/h9-10,12-14,35H,5-8,11H2,1-2,4H3,(H2,26,27,28,29);9-11H,4-8H2,1-2H3,(H,18,19,20);2-3,15H,10H2,1H3/t13-,14+;10-,11+;/m11./s1. The molecule has 2 aromatic carbocycles. The number of nitrogen functional groups attached to an aromatic ring is 1. The number of phenolic OH excluding ortho intramolecular Hbond substituents is 2. The number of nitrogens with one attached hydrogen (secondary N) is 3. The molecule has 6 aromatic rings. The van der Waals surface area contributed by atoms with Gasteiger partial charge in [0.05, 0.1) is 24.5 Å². The molecule has 27 heteroatoms. The highest BCUT2D eigenvalue weighted by Gasteiger charge is 2.44. The molecule has 4 fully saturated rings. The fourth-order valence-electron chi connectivity index (χ4n) is 10.4. The van der Waals surface area contributed by atoms with Gasteiger partial charge in [-0.1, -0.05) is 0 Å². The Hall–Kier alpha value is -7.81. The summed E-state index contributed by atoms with van der Waals surface area (Å²) >= 11 is 5.86. The third-order valence-corrected chi connectivity index (χ3v) is 13.8. The van der Waals surface area contributed by atoms with Gasteiger partial charge in [0, 0.05) is 73.9 Å². The second-order valence-electron chi connectivity index (χ2n) is 19.6. The molecular formula is C46H55ClF2N20O4. The van der Waals surface area contributed by atoms with Gasteiger partial charge in [-0.05, 0) is 137 Å². The van der Waals surface area contributed by atoms with Crippen molar-refractivity contribution >= 4 is 51.9 Å². The Morgan fingerprint density at radius 2 is 1.21 bits per heavy atom. The van der Waals surface area contributed by atoms with Crippen molar-refractivity contribution in [3.05, 3.63) is 97.4 Å². The van der Waals surface area contributed by atoms with E-state index < -0.39 is 34.5 Å². The lowest BCUT2D eigenvalue weighted by molar-refractivity contribution is 0.0499. The number of phenols is 2. The first-order valence-corrected chi connectivity index (χ1v) is 23.8. The SMILES string of the molecule is Cn1nnn(-c2cc(N)c(F)cc2O)c1=O.[C-]#[N+]c1cnc(Cl)nc1N[C@@H]1C[C@@H]2CCCN2C(C)(C)C1.[C-]#[N+]c1cnc(Nc2cc(-n3nnn(C)c3=O)c(O)cc2F)nc1N[C@@H]1C[C@@H]2CCCN2C(C)(C)C1. The molecule has 0 aliphatic carbocycles. The number of hydrogen-bond donors (Lipinski definition) is 6. The van der Waals surface area contributed by atoms with Crippen molar-refractivity contribution in [2.75, 3.05) is 34.8 Å². The normalized spacial score (nSPS) is 20.8. The van der Waals surface area contributed by atoms with Crippen LogP contribution in [-0.4, -0.2) is 128 Å². The van der Waals surface area contributed by atoms with Crippen molar-refractivity contribution in [3.63, 3.8) is 0 Å². The summed E-state index contributed by atoms with van der Waals surface area (Å²) in [6, 6.07) is 5.60. The molecule has 0 unspecified atom stereocenters. The number of nitrogens with two attached hydrogens (primary N) is 1. The first-order valence-electron chi connectivity index (χ1n) is 23.4. The van der Waals surface area contributed by atoms with Gasteiger partial charge in [0.15, 0.2) is 5.82 Å². The van der Waals surface area contributed by atoms with Gasteiger partial charge >= 0.3 is 11.4 Å². The van der Waals surface area contributed by atoms with Crippen LogP contribution in [0, 0.1) is 24.8 Å². The quantitative estimate of drug-likeness (QED) is 0.0468. The Morgan fingerprint density at radius 3 is 1.70 bits per heavy atom. The van der Waals surface area contributed by atoms with Gasteiger partial charge < -0.3 is 31.9 Å². The summed E-state index contributed by atoms with van der Waals surface area (Å²) in [5, 5.41) is 43.8. The van der Waals surface area contributed by atoms with Gasteiger partial charge in [-0.2, -0.15) is 18.7 Å². The van der Waals surface area contributed by atoms with E-state index in [2.05, 4.69) is 104 Å². The molecule has 0 amide bonds. The predicted molar refractivity (Wildman–Crippen MR) is 267 cm³/mol. The van der Waals surface area contributed by atoms with Crippen LogP contribution in [0.3, 0.4) is 0 Å². The number of rotatable bonds is 8. The van der Waals surface area contributed by atoms with E-state index in [4.69, 9.17) is 30.5 Å². The van der Waals surface area contributed by atoms with E-state index in [1.165, 1.54) is 58.4 Å². The lowest BCUT2D eigenvalue weighted by Gasteiger charge is -2.48. The van der Waals surface area contributed by atoms with E-state index in [0.29, 0.717) is 35.4 Å². The van der Waals surface area contributed by atoms with Crippen molar-refractivity contribution < 1.29 is 19.0 Å². The van der Waals surface area contributed by atoms with Crippen molar-refractivity contribution in [3.8, 4) is 22.9 Å². The molecule has 0 spiro atoms. The lowest BCUT2D eigenvalue weighted by atomic mass is 9.84. The largest absolute Gasteiger partial charge is 0.506 e. The highest BCUT2D eigenvalue weighted by atomic mass is 35.5. The molecule has 0 saturated carbocycles. The fraction of sp³-hybridized carbons (Fsp3) is 0.478.